The number of amides is 1. The summed E-state index contributed by atoms with van der Waals surface area (Å²) in [5, 5.41) is 2.67. The van der Waals surface area contributed by atoms with E-state index in [2.05, 4.69) is 37.2 Å². The molecule has 1 amide bonds. The number of benzene rings is 2. The molecular weight excluding hydrogens is 379 g/mol. The molecule has 19 heavy (non-hydrogen) atoms. The molecule has 3 N–H and O–H groups in total. The predicted octanol–water partition coefficient (Wildman–Crippen LogP) is 4.19. The molecule has 3 nitrogen and oxygen atoms in total. The molecule has 0 aliphatic heterocycles. The number of hydrogen-bond acceptors (Lipinski definition) is 2. The van der Waals surface area contributed by atoms with Crippen molar-refractivity contribution in [1.82, 2.24) is 0 Å². The molecule has 2 aromatic carbocycles. The highest BCUT2D eigenvalue weighted by Gasteiger charge is 2.11. The smallest absolute Gasteiger partial charge is 0.256 e. The SMILES string of the molecule is Nc1ccc(Br)c(C(=O)Nc2ccc(F)c(Br)c2)c1. The zero-order valence-corrected chi connectivity index (χ0v) is 12.8. The van der Waals surface area contributed by atoms with Crippen molar-refractivity contribution in [1.29, 1.82) is 0 Å². The number of halogens is 3. The second kappa shape index (κ2) is 5.71. The molecule has 0 heterocycles. The lowest BCUT2D eigenvalue weighted by atomic mass is 10.2. The molecule has 0 aromatic heterocycles. The van der Waals surface area contributed by atoms with E-state index in [0.29, 0.717) is 21.4 Å². The van der Waals surface area contributed by atoms with Crippen molar-refractivity contribution in [3.63, 3.8) is 0 Å². The van der Waals surface area contributed by atoms with Crippen molar-refractivity contribution < 1.29 is 9.18 Å². The van der Waals surface area contributed by atoms with Gasteiger partial charge in [0.05, 0.1) is 10.0 Å². The highest BCUT2D eigenvalue weighted by Crippen LogP contribution is 2.23. The highest BCUT2D eigenvalue weighted by atomic mass is 79.9. The lowest BCUT2D eigenvalue weighted by Gasteiger charge is -2.08. The van der Waals surface area contributed by atoms with E-state index in [1.54, 1.807) is 18.2 Å². The number of nitrogen functional groups attached to an aromatic ring is 1. The number of anilines is 2. The van der Waals surface area contributed by atoms with Gasteiger partial charge in [-0.2, -0.15) is 0 Å². The van der Waals surface area contributed by atoms with Crippen molar-refractivity contribution in [2.45, 2.75) is 0 Å². The van der Waals surface area contributed by atoms with Crippen LogP contribution in [0.15, 0.2) is 45.3 Å². The number of rotatable bonds is 2. The van der Waals surface area contributed by atoms with Crippen LogP contribution in [0.2, 0.25) is 0 Å². The predicted molar refractivity (Wildman–Crippen MR) is 80.6 cm³/mol. The molecule has 0 aliphatic rings. The third kappa shape index (κ3) is 3.33. The minimum absolute atomic E-state index is 0.289. The number of carbonyl (C=O) groups excluding carboxylic acids is 1. The normalized spacial score (nSPS) is 10.3. The summed E-state index contributed by atoms with van der Waals surface area (Å²) in [4.78, 5) is 12.1. The molecule has 0 bridgehead atoms. The lowest BCUT2D eigenvalue weighted by Crippen LogP contribution is -2.13. The van der Waals surface area contributed by atoms with Crippen molar-refractivity contribution in [2.24, 2.45) is 0 Å². The van der Waals surface area contributed by atoms with Crippen LogP contribution in [0.5, 0.6) is 0 Å². The van der Waals surface area contributed by atoms with E-state index in [9.17, 15) is 9.18 Å². The molecule has 0 aliphatic carbocycles. The van der Waals surface area contributed by atoms with Gasteiger partial charge in [0.2, 0.25) is 0 Å². The average molecular weight is 388 g/mol. The fourth-order valence-corrected chi connectivity index (χ4v) is 2.29. The van der Waals surface area contributed by atoms with Gasteiger partial charge in [-0.3, -0.25) is 4.79 Å². The van der Waals surface area contributed by atoms with Crippen LogP contribution in [0.1, 0.15) is 10.4 Å². The Morgan fingerprint density at radius 1 is 1.11 bits per heavy atom. The Morgan fingerprint density at radius 3 is 2.53 bits per heavy atom. The Balaban J connectivity index is 2.25. The fourth-order valence-electron chi connectivity index (χ4n) is 1.49. The lowest BCUT2D eigenvalue weighted by molar-refractivity contribution is 0.102. The van der Waals surface area contributed by atoms with Crippen molar-refractivity contribution in [3.05, 3.63) is 56.7 Å². The first-order valence-electron chi connectivity index (χ1n) is 5.29. The first-order chi connectivity index (χ1) is 8.97. The molecule has 98 valence electrons. The zero-order chi connectivity index (χ0) is 14.0. The van der Waals surface area contributed by atoms with Crippen LogP contribution in [0.4, 0.5) is 15.8 Å². The molecule has 0 fully saturated rings. The third-order valence-corrected chi connectivity index (χ3v) is 3.71. The van der Waals surface area contributed by atoms with Crippen LogP contribution in [0.25, 0.3) is 0 Å². The second-order valence-electron chi connectivity index (χ2n) is 3.82. The molecule has 0 saturated heterocycles. The van der Waals surface area contributed by atoms with Crippen LogP contribution in [0.3, 0.4) is 0 Å². The highest BCUT2D eigenvalue weighted by molar-refractivity contribution is 9.10. The molecule has 6 heteroatoms. The molecule has 0 spiro atoms. The van der Waals surface area contributed by atoms with Crippen LogP contribution in [0, 0.1) is 5.82 Å². The summed E-state index contributed by atoms with van der Waals surface area (Å²) >= 11 is 6.35. The quantitative estimate of drug-likeness (QED) is 0.759. The Labute approximate surface area is 126 Å². The maximum absolute atomic E-state index is 13.1. The van der Waals surface area contributed by atoms with Gasteiger partial charge in [-0.25, -0.2) is 4.39 Å². The van der Waals surface area contributed by atoms with Gasteiger partial charge in [0.15, 0.2) is 0 Å². The monoisotopic (exact) mass is 386 g/mol. The number of nitrogens with one attached hydrogen (secondary N) is 1. The van der Waals surface area contributed by atoms with Gasteiger partial charge in [-0.1, -0.05) is 0 Å². The topological polar surface area (TPSA) is 55.1 Å². The molecular formula is C13H9Br2FN2O. The van der Waals surface area contributed by atoms with E-state index in [1.807, 2.05) is 0 Å². The maximum Gasteiger partial charge on any atom is 0.256 e. The number of carbonyl (C=O) groups is 1. The summed E-state index contributed by atoms with van der Waals surface area (Å²) in [5.74, 6) is -0.708. The first-order valence-corrected chi connectivity index (χ1v) is 6.87. The largest absolute Gasteiger partial charge is 0.399 e. The summed E-state index contributed by atoms with van der Waals surface area (Å²) < 4.78 is 14.0. The van der Waals surface area contributed by atoms with E-state index >= 15 is 0 Å². The summed E-state index contributed by atoms with van der Waals surface area (Å²) in [6.07, 6.45) is 0. The van der Waals surface area contributed by atoms with E-state index in [0.717, 1.165) is 0 Å². The van der Waals surface area contributed by atoms with Crippen molar-refractivity contribution in [3.8, 4) is 0 Å². The van der Waals surface area contributed by atoms with Gasteiger partial charge < -0.3 is 11.1 Å². The van der Waals surface area contributed by atoms with Crippen molar-refractivity contribution in [2.75, 3.05) is 11.1 Å². The summed E-state index contributed by atoms with van der Waals surface area (Å²) in [5.41, 5.74) is 7.05. The molecule has 0 unspecified atom stereocenters. The average Bonchev–Trinajstić information content (AvgIpc) is 2.36. The summed E-state index contributed by atoms with van der Waals surface area (Å²) in [7, 11) is 0. The third-order valence-electron chi connectivity index (χ3n) is 2.41. The molecule has 0 atom stereocenters. The van der Waals surface area contributed by atoms with Gasteiger partial charge in [-0.05, 0) is 68.3 Å². The molecule has 0 saturated carbocycles. The minimum atomic E-state index is -0.386. The fraction of sp³-hybridized carbons (Fsp3) is 0. The molecule has 2 aromatic rings. The molecule has 0 radical (unpaired) electrons. The van der Waals surface area contributed by atoms with Crippen LogP contribution in [-0.4, -0.2) is 5.91 Å². The van der Waals surface area contributed by atoms with Crippen molar-refractivity contribution >= 4 is 49.1 Å². The Kier molecular flexibility index (Phi) is 4.21. The Morgan fingerprint density at radius 2 is 1.84 bits per heavy atom. The van der Waals surface area contributed by atoms with E-state index in [1.165, 1.54) is 18.2 Å². The van der Waals surface area contributed by atoms with Gasteiger partial charge in [0.1, 0.15) is 5.82 Å². The zero-order valence-electron chi connectivity index (χ0n) is 9.58. The van der Waals surface area contributed by atoms with Gasteiger partial charge in [0.25, 0.3) is 5.91 Å². The summed E-state index contributed by atoms with van der Waals surface area (Å²) in [6.45, 7) is 0. The summed E-state index contributed by atoms with van der Waals surface area (Å²) in [6, 6.07) is 9.21. The van der Waals surface area contributed by atoms with Gasteiger partial charge >= 0.3 is 0 Å². The van der Waals surface area contributed by atoms with Crippen LogP contribution >= 0.6 is 31.9 Å². The first kappa shape index (κ1) is 14.0. The maximum atomic E-state index is 13.1. The van der Waals surface area contributed by atoms with Crippen LogP contribution < -0.4 is 11.1 Å². The van der Waals surface area contributed by atoms with E-state index < -0.39 is 0 Å². The number of nitrogens with two attached hydrogens (primary N) is 1. The minimum Gasteiger partial charge on any atom is -0.399 e. The van der Waals surface area contributed by atoms with Gasteiger partial charge in [-0.15, -0.1) is 0 Å². The number of hydrogen-bond donors (Lipinski definition) is 2. The van der Waals surface area contributed by atoms with Crippen LogP contribution in [-0.2, 0) is 0 Å². The standard InChI is InChI=1S/C13H9Br2FN2O/c14-10-3-1-7(17)5-9(10)13(19)18-8-2-4-12(16)11(15)6-8/h1-6H,17H2,(H,18,19). The Bertz CT molecular complexity index is 647. The Hall–Kier alpha value is -1.40. The molecule has 2 rings (SSSR count). The second-order valence-corrected chi connectivity index (χ2v) is 5.53. The van der Waals surface area contributed by atoms with E-state index in [-0.39, 0.29) is 16.2 Å². The van der Waals surface area contributed by atoms with Gasteiger partial charge in [0, 0.05) is 15.8 Å². The van der Waals surface area contributed by atoms with E-state index in [4.69, 9.17) is 5.73 Å².